The fourth-order valence-corrected chi connectivity index (χ4v) is 3.19. The van der Waals surface area contributed by atoms with E-state index >= 15 is 0 Å². The molecule has 19 heavy (non-hydrogen) atoms. The van der Waals surface area contributed by atoms with Gasteiger partial charge in [0.15, 0.2) is 5.69 Å². The molecule has 98 valence electrons. The van der Waals surface area contributed by atoms with E-state index in [0.717, 1.165) is 25.7 Å². The topological polar surface area (TPSA) is 45.9 Å². The number of rotatable bonds is 3. The third kappa shape index (κ3) is 2.80. The summed E-state index contributed by atoms with van der Waals surface area (Å²) in [5.74, 6) is 1.25. The summed E-state index contributed by atoms with van der Waals surface area (Å²) in [4.78, 5) is 4.32. The highest BCUT2D eigenvalue weighted by molar-refractivity contribution is 9.11. The number of aromatic nitrogens is 1. The molecule has 0 spiro atoms. The summed E-state index contributed by atoms with van der Waals surface area (Å²) >= 11 is 4.83. The Labute approximate surface area is 125 Å². The first-order valence-corrected chi connectivity index (χ1v) is 7.42. The van der Waals surface area contributed by atoms with Gasteiger partial charge in [0.25, 0.3) is 0 Å². The predicted molar refractivity (Wildman–Crippen MR) is 80.6 cm³/mol. The second-order valence-electron chi connectivity index (χ2n) is 4.36. The number of methoxy groups -OCH3 is 1. The highest BCUT2D eigenvalue weighted by Gasteiger charge is 2.13. The van der Waals surface area contributed by atoms with Crippen molar-refractivity contribution in [2.75, 3.05) is 7.11 Å². The van der Waals surface area contributed by atoms with Crippen molar-refractivity contribution >= 4 is 27.3 Å². The van der Waals surface area contributed by atoms with Crippen LogP contribution in [0.3, 0.4) is 0 Å². The molecule has 0 radical (unpaired) electrons. The van der Waals surface area contributed by atoms with Gasteiger partial charge in [0.2, 0.25) is 0 Å². The molecule has 0 amide bonds. The monoisotopic (exact) mass is 336 g/mol. The van der Waals surface area contributed by atoms with Crippen molar-refractivity contribution in [1.82, 2.24) is 4.98 Å². The fraction of sp³-hybridized carbons (Fsp3) is 0.286. The van der Waals surface area contributed by atoms with E-state index in [1.54, 1.807) is 7.11 Å². The molecule has 0 N–H and O–H groups in total. The van der Waals surface area contributed by atoms with Gasteiger partial charge in [-0.25, -0.2) is 4.98 Å². The number of hydrogen-bond donors (Lipinski definition) is 0. The number of ether oxygens (including phenoxy) is 1. The smallest absolute Gasteiger partial charge is 0.166 e. The number of halogens is 1. The van der Waals surface area contributed by atoms with Crippen molar-refractivity contribution in [3.05, 3.63) is 33.2 Å². The van der Waals surface area contributed by atoms with E-state index in [1.165, 1.54) is 11.3 Å². The summed E-state index contributed by atoms with van der Waals surface area (Å²) in [7, 11) is 1.68. The van der Waals surface area contributed by atoms with Crippen LogP contribution in [0.2, 0.25) is 0 Å². The van der Waals surface area contributed by atoms with Gasteiger partial charge in [-0.2, -0.15) is 5.26 Å². The van der Waals surface area contributed by atoms with Gasteiger partial charge >= 0.3 is 0 Å². The van der Waals surface area contributed by atoms with Crippen LogP contribution < -0.4 is 4.74 Å². The maximum Gasteiger partial charge on any atom is 0.166 e. The lowest BCUT2D eigenvalue weighted by Gasteiger charge is -2.12. The van der Waals surface area contributed by atoms with Crippen LogP contribution in [0.1, 0.15) is 31.0 Å². The third-order valence-corrected chi connectivity index (χ3v) is 4.54. The Hall–Kier alpha value is -1.38. The summed E-state index contributed by atoms with van der Waals surface area (Å²) in [5.41, 5.74) is 2.59. The second-order valence-corrected chi connectivity index (χ2v) is 6.68. The Bertz CT molecular complexity index is 643. The lowest BCUT2D eigenvalue weighted by Crippen LogP contribution is -1.94. The van der Waals surface area contributed by atoms with Gasteiger partial charge in [0.1, 0.15) is 20.6 Å². The number of benzene rings is 1. The van der Waals surface area contributed by atoms with Crippen molar-refractivity contribution < 1.29 is 4.74 Å². The lowest BCUT2D eigenvalue weighted by atomic mass is 10.00. The molecule has 0 unspecified atom stereocenters. The molecule has 1 heterocycles. The van der Waals surface area contributed by atoms with Crippen molar-refractivity contribution in [3.8, 4) is 22.4 Å². The number of nitriles is 1. The average molecular weight is 337 g/mol. The average Bonchev–Trinajstić information content (AvgIpc) is 2.79. The van der Waals surface area contributed by atoms with Gasteiger partial charge in [-0.15, -0.1) is 11.3 Å². The molecule has 0 saturated heterocycles. The van der Waals surface area contributed by atoms with Crippen LogP contribution in [0.5, 0.6) is 5.75 Å². The zero-order chi connectivity index (χ0) is 14.0. The van der Waals surface area contributed by atoms with Crippen LogP contribution >= 0.6 is 27.3 Å². The van der Waals surface area contributed by atoms with Gasteiger partial charge in [0, 0.05) is 5.56 Å². The normalized spacial score (nSPS) is 10.5. The minimum atomic E-state index is 0.369. The maximum absolute atomic E-state index is 8.95. The van der Waals surface area contributed by atoms with E-state index in [2.05, 4.69) is 46.9 Å². The van der Waals surface area contributed by atoms with Crippen molar-refractivity contribution in [3.63, 3.8) is 0 Å². The van der Waals surface area contributed by atoms with Crippen LogP contribution in [-0.2, 0) is 0 Å². The molecule has 0 bridgehead atoms. The molecule has 2 rings (SSSR count). The minimum Gasteiger partial charge on any atom is -0.496 e. The third-order valence-electron chi connectivity index (χ3n) is 2.79. The molecule has 0 atom stereocenters. The molecule has 0 aliphatic carbocycles. The van der Waals surface area contributed by atoms with Crippen LogP contribution in [-0.4, -0.2) is 12.1 Å². The lowest BCUT2D eigenvalue weighted by molar-refractivity contribution is 0.407. The molecule has 1 aromatic carbocycles. The Morgan fingerprint density at radius 3 is 2.68 bits per heavy atom. The van der Waals surface area contributed by atoms with Crippen LogP contribution in [0.25, 0.3) is 10.6 Å². The summed E-state index contributed by atoms with van der Waals surface area (Å²) in [6.45, 7) is 4.25. The van der Waals surface area contributed by atoms with E-state index in [9.17, 15) is 0 Å². The highest BCUT2D eigenvalue weighted by Crippen LogP contribution is 2.35. The van der Waals surface area contributed by atoms with Gasteiger partial charge < -0.3 is 4.74 Å². The molecule has 3 nitrogen and oxygen atoms in total. The molecule has 0 fully saturated rings. The summed E-state index contributed by atoms with van der Waals surface area (Å²) in [5, 5.41) is 9.79. The van der Waals surface area contributed by atoms with E-state index in [0.29, 0.717) is 11.6 Å². The Kier molecular flexibility index (Phi) is 4.23. The van der Waals surface area contributed by atoms with E-state index in [1.807, 2.05) is 12.1 Å². The first-order chi connectivity index (χ1) is 9.06. The van der Waals surface area contributed by atoms with Gasteiger partial charge in [-0.3, -0.25) is 0 Å². The molecule has 0 saturated carbocycles. The van der Waals surface area contributed by atoms with Crippen molar-refractivity contribution in [2.24, 2.45) is 0 Å². The first-order valence-electron chi connectivity index (χ1n) is 5.81. The zero-order valence-corrected chi connectivity index (χ0v) is 13.3. The second kappa shape index (κ2) is 5.72. The van der Waals surface area contributed by atoms with E-state index in [4.69, 9.17) is 10.00 Å². The molecule has 0 aliphatic rings. The predicted octanol–water partition coefficient (Wildman–Crippen LogP) is 4.58. The van der Waals surface area contributed by atoms with Crippen molar-refractivity contribution in [1.29, 1.82) is 5.26 Å². The Morgan fingerprint density at radius 1 is 1.42 bits per heavy atom. The Balaban J connectivity index is 2.51. The standard InChI is InChI=1S/C14H13BrN2OS/c1-8(2)10-6-9(4-5-12(10)18-3)14-17-11(7-16)13(15)19-14/h4-6,8H,1-3H3. The molecular weight excluding hydrogens is 324 g/mol. The Morgan fingerprint density at radius 2 is 2.16 bits per heavy atom. The van der Waals surface area contributed by atoms with E-state index < -0.39 is 0 Å². The largest absolute Gasteiger partial charge is 0.496 e. The quantitative estimate of drug-likeness (QED) is 0.824. The SMILES string of the molecule is COc1ccc(-c2nc(C#N)c(Br)s2)cc1C(C)C. The number of hydrogen-bond acceptors (Lipinski definition) is 4. The van der Waals surface area contributed by atoms with Gasteiger partial charge in [-0.1, -0.05) is 13.8 Å². The summed E-state index contributed by atoms with van der Waals surface area (Å²) in [6, 6.07) is 8.07. The van der Waals surface area contributed by atoms with Crippen LogP contribution in [0.4, 0.5) is 0 Å². The minimum absolute atomic E-state index is 0.369. The van der Waals surface area contributed by atoms with Crippen LogP contribution in [0, 0.1) is 11.3 Å². The summed E-state index contributed by atoms with van der Waals surface area (Å²) < 4.78 is 6.14. The number of nitrogens with zero attached hydrogens (tertiary/aromatic N) is 2. The molecule has 0 aliphatic heterocycles. The molecule has 5 heteroatoms. The van der Waals surface area contributed by atoms with Crippen LogP contribution in [0.15, 0.2) is 22.0 Å². The van der Waals surface area contributed by atoms with Gasteiger partial charge in [0.05, 0.1) is 7.11 Å². The fourth-order valence-electron chi connectivity index (χ4n) is 1.81. The number of thiazole rings is 1. The molecular formula is C14H13BrN2OS. The molecule has 1 aromatic heterocycles. The summed E-state index contributed by atoms with van der Waals surface area (Å²) in [6.07, 6.45) is 0. The first kappa shape index (κ1) is 14.0. The van der Waals surface area contributed by atoms with Gasteiger partial charge in [-0.05, 0) is 45.6 Å². The zero-order valence-electron chi connectivity index (χ0n) is 10.9. The highest BCUT2D eigenvalue weighted by atomic mass is 79.9. The van der Waals surface area contributed by atoms with Crippen molar-refractivity contribution in [2.45, 2.75) is 19.8 Å². The van der Waals surface area contributed by atoms with E-state index in [-0.39, 0.29) is 0 Å². The maximum atomic E-state index is 8.95. The molecule has 2 aromatic rings.